The van der Waals surface area contributed by atoms with Crippen LogP contribution in [0.5, 0.6) is 5.75 Å². The van der Waals surface area contributed by atoms with Crippen LogP contribution in [0.3, 0.4) is 0 Å². The summed E-state index contributed by atoms with van der Waals surface area (Å²) in [5.74, 6) is 1.05. The van der Waals surface area contributed by atoms with Gasteiger partial charge in [0.1, 0.15) is 11.4 Å². The van der Waals surface area contributed by atoms with Crippen LogP contribution in [0.15, 0.2) is 54.4 Å². The van der Waals surface area contributed by atoms with Gasteiger partial charge in [0.2, 0.25) is 0 Å². The minimum absolute atomic E-state index is 0.326. The van der Waals surface area contributed by atoms with E-state index in [9.17, 15) is 18.0 Å². The highest BCUT2D eigenvalue weighted by Gasteiger charge is 2.33. The lowest BCUT2D eigenvalue weighted by Gasteiger charge is -2.19. The van der Waals surface area contributed by atoms with Crippen LogP contribution in [0, 0.1) is 5.92 Å². The molecule has 32 heavy (non-hydrogen) atoms. The summed E-state index contributed by atoms with van der Waals surface area (Å²) in [6, 6.07) is 8.94. The van der Waals surface area contributed by atoms with Crippen LogP contribution < -0.4 is 31.3 Å². The van der Waals surface area contributed by atoms with Gasteiger partial charge >= 0.3 is 12.2 Å². The van der Waals surface area contributed by atoms with Crippen LogP contribution in [0.25, 0.3) is 0 Å². The van der Waals surface area contributed by atoms with Crippen molar-refractivity contribution in [1.29, 1.82) is 0 Å². The summed E-state index contributed by atoms with van der Waals surface area (Å²) in [7, 11) is 1.50. The average Bonchev–Trinajstić information content (AvgIpc) is 3.20. The van der Waals surface area contributed by atoms with E-state index in [4.69, 9.17) is 4.74 Å². The topological polar surface area (TPSA) is 77.7 Å². The molecule has 2 amide bonds. The van der Waals surface area contributed by atoms with Crippen molar-refractivity contribution < 1.29 is 22.7 Å². The molecule has 7 nitrogen and oxygen atoms in total. The molecule has 0 aliphatic carbocycles. The molecule has 1 heterocycles. The molecule has 4 N–H and O–H groups in total. The van der Waals surface area contributed by atoms with E-state index in [1.54, 1.807) is 23.2 Å². The Hall–Kier alpha value is -3.40. The molecule has 1 aliphatic rings. The van der Waals surface area contributed by atoms with Crippen LogP contribution in [0.1, 0.15) is 32.3 Å². The molecule has 0 atom stereocenters. The van der Waals surface area contributed by atoms with Crippen LogP contribution in [0.4, 0.5) is 35.0 Å². The third-order valence-corrected chi connectivity index (χ3v) is 4.79. The lowest BCUT2D eigenvalue weighted by Crippen LogP contribution is -2.36. The van der Waals surface area contributed by atoms with Gasteiger partial charge in [0, 0.05) is 23.7 Å². The number of para-hydroxylation sites is 1. The standard InChI is InChI=1S/C22H26F3N5O2/c1-14(2)8-9-16-13-30(29-28-16)19-11-10-15(12-20(19)32-3)26-21(31)27-18-7-5-4-6-17(18)22(23,24)25/h4-7,10-14,28-29H,8-9H2,1-3H3,(H2,26,27,31). The van der Waals surface area contributed by atoms with Crippen molar-refractivity contribution in [3.05, 3.63) is 59.9 Å². The Labute approximate surface area is 184 Å². The molecule has 1 aliphatic heterocycles. The third-order valence-electron chi connectivity index (χ3n) is 4.79. The number of hydrogen-bond donors (Lipinski definition) is 4. The maximum atomic E-state index is 13.1. The first kappa shape index (κ1) is 23.3. The number of ether oxygens (including phenoxy) is 1. The fourth-order valence-corrected chi connectivity index (χ4v) is 3.13. The second-order valence-electron chi connectivity index (χ2n) is 7.70. The van der Waals surface area contributed by atoms with Crippen LogP contribution in [-0.2, 0) is 6.18 Å². The smallest absolute Gasteiger partial charge is 0.418 e. The van der Waals surface area contributed by atoms with E-state index in [1.165, 1.54) is 25.3 Å². The van der Waals surface area contributed by atoms with Crippen molar-refractivity contribution in [3.8, 4) is 5.75 Å². The number of allylic oxidation sites excluding steroid dienone is 1. The predicted octanol–water partition coefficient (Wildman–Crippen LogP) is 5.46. The predicted molar refractivity (Wildman–Crippen MR) is 118 cm³/mol. The number of halogens is 3. The van der Waals surface area contributed by atoms with Crippen molar-refractivity contribution in [2.45, 2.75) is 32.9 Å². The van der Waals surface area contributed by atoms with Crippen molar-refractivity contribution in [1.82, 2.24) is 11.0 Å². The largest absolute Gasteiger partial charge is 0.494 e. The SMILES string of the molecule is COc1cc(NC(=O)Nc2ccccc2C(F)(F)F)ccc1N1C=C(CCC(C)C)NN1. The summed E-state index contributed by atoms with van der Waals surface area (Å²) in [6.07, 6.45) is -0.717. The molecule has 0 spiro atoms. The zero-order valence-corrected chi connectivity index (χ0v) is 18.0. The van der Waals surface area contributed by atoms with Crippen molar-refractivity contribution in [3.63, 3.8) is 0 Å². The molecule has 3 rings (SSSR count). The average molecular weight is 449 g/mol. The fraction of sp³-hybridized carbons (Fsp3) is 0.318. The van der Waals surface area contributed by atoms with E-state index in [-0.39, 0.29) is 5.69 Å². The van der Waals surface area contributed by atoms with Crippen molar-refractivity contribution in [2.75, 3.05) is 22.8 Å². The van der Waals surface area contributed by atoms with Gasteiger partial charge in [-0.05, 0) is 43.0 Å². The maximum Gasteiger partial charge on any atom is 0.418 e. The Kier molecular flexibility index (Phi) is 7.14. The highest BCUT2D eigenvalue weighted by atomic mass is 19.4. The number of amides is 2. The number of urea groups is 1. The van der Waals surface area contributed by atoms with Gasteiger partial charge in [0.25, 0.3) is 0 Å². The van der Waals surface area contributed by atoms with E-state index in [0.29, 0.717) is 23.0 Å². The first-order valence-corrected chi connectivity index (χ1v) is 10.1. The number of hydrazine groups is 2. The molecular formula is C22H26F3N5O2. The van der Waals surface area contributed by atoms with Crippen LogP contribution >= 0.6 is 0 Å². The summed E-state index contributed by atoms with van der Waals surface area (Å²) in [4.78, 5) is 12.3. The van der Waals surface area contributed by atoms with E-state index in [0.717, 1.165) is 24.6 Å². The summed E-state index contributed by atoms with van der Waals surface area (Å²) < 4.78 is 44.8. The molecule has 2 aromatic rings. The first-order valence-electron chi connectivity index (χ1n) is 10.1. The number of benzene rings is 2. The molecule has 0 fully saturated rings. The van der Waals surface area contributed by atoms with Crippen molar-refractivity contribution in [2.24, 2.45) is 5.92 Å². The highest BCUT2D eigenvalue weighted by molar-refractivity contribution is 6.00. The Bertz CT molecular complexity index is 992. The Morgan fingerprint density at radius 2 is 1.91 bits per heavy atom. The number of rotatable bonds is 7. The van der Waals surface area contributed by atoms with Gasteiger partial charge in [0.15, 0.2) is 0 Å². The Morgan fingerprint density at radius 3 is 2.59 bits per heavy atom. The number of carbonyl (C=O) groups is 1. The monoisotopic (exact) mass is 449 g/mol. The molecule has 0 bridgehead atoms. The summed E-state index contributed by atoms with van der Waals surface area (Å²) in [5.41, 5.74) is 7.00. The summed E-state index contributed by atoms with van der Waals surface area (Å²) in [5, 5.41) is 6.55. The summed E-state index contributed by atoms with van der Waals surface area (Å²) >= 11 is 0. The maximum absolute atomic E-state index is 13.1. The number of nitrogens with one attached hydrogen (secondary N) is 4. The van der Waals surface area contributed by atoms with Gasteiger partial charge in [0.05, 0.1) is 18.4 Å². The molecule has 0 saturated carbocycles. The zero-order chi connectivity index (χ0) is 23.3. The quantitative estimate of drug-likeness (QED) is 0.451. The van der Waals surface area contributed by atoms with Gasteiger partial charge < -0.3 is 20.8 Å². The van der Waals surface area contributed by atoms with Gasteiger partial charge in [-0.1, -0.05) is 26.0 Å². The van der Waals surface area contributed by atoms with E-state index < -0.39 is 17.8 Å². The second-order valence-corrected chi connectivity index (χ2v) is 7.70. The first-order chi connectivity index (χ1) is 15.2. The molecule has 0 aromatic heterocycles. The lowest BCUT2D eigenvalue weighted by molar-refractivity contribution is -0.136. The van der Waals surface area contributed by atoms with Gasteiger partial charge in [-0.2, -0.15) is 13.2 Å². The molecular weight excluding hydrogens is 423 g/mol. The molecule has 0 unspecified atom stereocenters. The van der Waals surface area contributed by atoms with E-state index >= 15 is 0 Å². The fourth-order valence-electron chi connectivity index (χ4n) is 3.13. The minimum atomic E-state index is -4.58. The van der Waals surface area contributed by atoms with E-state index in [1.807, 2.05) is 6.20 Å². The third kappa shape index (κ3) is 5.85. The molecule has 2 aromatic carbocycles. The lowest BCUT2D eigenvalue weighted by atomic mass is 10.1. The minimum Gasteiger partial charge on any atom is -0.494 e. The Balaban J connectivity index is 1.70. The normalized spacial score (nSPS) is 13.6. The summed E-state index contributed by atoms with van der Waals surface area (Å²) in [6.45, 7) is 4.32. The molecule has 0 saturated heterocycles. The number of methoxy groups -OCH3 is 1. The molecule has 10 heteroatoms. The molecule has 172 valence electrons. The van der Waals surface area contributed by atoms with Gasteiger partial charge in [-0.15, -0.1) is 5.53 Å². The highest BCUT2D eigenvalue weighted by Crippen LogP contribution is 2.35. The Morgan fingerprint density at radius 1 is 1.16 bits per heavy atom. The number of anilines is 3. The number of hydrogen-bond acceptors (Lipinski definition) is 5. The van der Waals surface area contributed by atoms with Gasteiger partial charge in [-0.25, -0.2) is 4.79 Å². The van der Waals surface area contributed by atoms with Crippen molar-refractivity contribution >= 4 is 23.1 Å². The van der Waals surface area contributed by atoms with Crippen LogP contribution in [-0.4, -0.2) is 13.1 Å². The number of carbonyl (C=O) groups excluding carboxylic acids is 1. The molecule has 0 radical (unpaired) electrons. The zero-order valence-electron chi connectivity index (χ0n) is 18.0. The van der Waals surface area contributed by atoms with E-state index in [2.05, 4.69) is 35.4 Å². The van der Waals surface area contributed by atoms with Gasteiger partial charge in [-0.3, -0.25) is 5.01 Å². The second kappa shape index (κ2) is 9.82. The van der Waals surface area contributed by atoms with Crippen LogP contribution in [0.2, 0.25) is 0 Å². The number of nitrogens with zero attached hydrogens (tertiary/aromatic N) is 1. The number of alkyl halides is 3.